The van der Waals surface area contributed by atoms with Gasteiger partial charge >= 0.3 is 18.2 Å². The molecule has 14 atom stereocenters. The van der Waals surface area contributed by atoms with Crippen LogP contribution in [0.2, 0.25) is 0 Å². The van der Waals surface area contributed by atoms with E-state index in [1.165, 1.54) is 5.56 Å². The third-order valence-electron chi connectivity index (χ3n) is 12.2. The van der Waals surface area contributed by atoms with Crippen molar-refractivity contribution in [2.45, 2.75) is 167 Å². The van der Waals surface area contributed by atoms with Crippen LogP contribution in [0, 0.1) is 17.8 Å². The highest BCUT2D eigenvalue weighted by Crippen LogP contribution is 2.40. The van der Waals surface area contributed by atoms with Crippen molar-refractivity contribution in [3.8, 4) is 0 Å². The number of carbonyl (C=O) groups excluding carboxylic acids is 3. The van der Waals surface area contributed by atoms with Crippen molar-refractivity contribution in [2.24, 2.45) is 17.8 Å². The van der Waals surface area contributed by atoms with Crippen molar-refractivity contribution >= 4 is 23.9 Å². The number of aliphatic hydroxyl groups excluding tert-OH is 1. The number of amides is 1. The summed E-state index contributed by atoms with van der Waals surface area (Å²) in [6.45, 7) is 16.9. The monoisotopic (exact) mass is 791 g/mol. The van der Waals surface area contributed by atoms with Crippen molar-refractivity contribution in [3.05, 3.63) is 29.8 Å². The first-order valence-corrected chi connectivity index (χ1v) is 20.5. The van der Waals surface area contributed by atoms with E-state index >= 15 is 0 Å². The summed E-state index contributed by atoms with van der Waals surface area (Å²) < 4.78 is 36.8. The second kappa shape index (κ2) is 19.2. The number of nitrogens with zero attached hydrogens (tertiary/aromatic N) is 2. The average Bonchev–Trinajstić information content (AvgIpc) is 3.44. The Kier molecular flexibility index (Phi) is 15.6. The number of cyclic esters (lactones) is 1. The summed E-state index contributed by atoms with van der Waals surface area (Å²) in [6.07, 6.45) is -3.76. The van der Waals surface area contributed by atoms with Gasteiger partial charge in [-0.05, 0) is 111 Å². The molecule has 3 aliphatic heterocycles. The lowest BCUT2D eigenvalue weighted by Gasteiger charge is -2.47. The molecule has 1 amide bonds. The summed E-state index contributed by atoms with van der Waals surface area (Å²) in [5.41, 5.74) is -1.10. The topological polar surface area (TPSA) is 166 Å². The van der Waals surface area contributed by atoms with Gasteiger partial charge in [0, 0.05) is 24.2 Å². The molecule has 0 aromatic heterocycles. The Bertz CT molecular complexity index is 1460. The van der Waals surface area contributed by atoms with Gasteiger partial charge in [0.15, 0.2) is 24.1 Å². The molecule has 4 rings (SSSR count). The van der Waals surface area contributed by atoms with E-state index in [2.05, 4.69) is 12.2 Å². The molecule has 3 fully saturated rings. The molecule has 56 heavy (non-hydrogen) atoms. The number of hydrogen-bond donors (Lipinski definition) is 3. The number of esters is 1. The van der Waals surface area contributed by atoms with Gasteiger partial charge in [-0.2, -0.15) is 0 Å². The van der Waals surface area contributed by atoms with Crippen LogP contribution in [0.1, 0.15) is 100.0 Å². The summed E-state index contributed by atoms with van der Waals surface area (Å²) in [5, 5.41) is 27.2. The van der Waals surface area contributed by atoms with E-state index in [1.54, 1.807) is 27.7 Å². The molecular formula is C42H69N3O11. The fourth-order valence-electron chi connectivity index (χ4n) is 8.86. The fraction of sp³-hybridized carbons (Fsp3) is 0.786. The summed E-state index contributed by atoms with van der Waals surface area (Å²) in [5.74, 6) is -2.76. The molecule has 318 valence electrons. The van der Waals surface area contributed by atoms with Crippen LogP contribution in [0.3, 0.4) is 0 Å². The molecule has 0 bridgehead atoms. The van der Waals surface area contributed by atoms with Crippen molar-refractivity contribution in [3.63, 3.8) is 0 Å². The number of aryl methyl sites for hydroxylation is 1. The lowest BCUT2D eigenvalue weighted by atomic mass is 9.78. The predicted molar refractivity (Wildman–Crippen MR) is 211 cm³/mol. The number of unbranched alkanes of at least 4 members (excludes halogenated alkanes) is 1. The van der Waals surface area contributed by atoms with Gasteiger partial charge in [0.1, 0.15) is 6.10 Å². The number of rotatable bonds is 9. The Morgan fingerprint density at radius 2 is 1.71 bits per heavy atom. The van der Waals surface area contributed by atoms with Gasteiger partial charge in [-0.1, -0.05) is 46.2 Å². The predicted octanol–water partition coefficient (Wildman–Crippen LogP) is 5.76. The first kappa shape index (κ1) is 45.7. The quantitative estimate of drug-likeness (QED) is 0.205. The van der Waals surface area contributed by atoms with Crippen LogP contribution < -0.4 is 5.32 Å². The third kappa shape index (κ3) is 10.7. The number of ether oxygens (including phenoxy) is 6. The van der Waals surface area contributed by atoms with Crippen molar-refractivity contribution in [1.82, 2.24) is 9.80 Å². The number of carbonyl (C=O) groups is 3. The summed E-state index contributed by atoms with van der Waals surface area (Å²) >= 11 is 0. The maximum Gasteiger partial charge on any atom is 0.509 e. The lowest BCUT2D eigenvalue weighted by Crippen LogP contribution is -2.60. The number of anilines is 1. The highest BCUT2D eigenvalue weighted by Gasteiger charge is 2.58. The normalized spacial score (nSPS) is 39.1. The number of nitrogens with one attached hydrogen (secondary N) is 1. The van der Waals surface area contributed by atoms with Crippen molar-refractivity contribution < 1.29 is 53.0 Å². The molecule has 0 aliphatic carbocycles. The van der Waals surface area contributed by atoms with E-state index in [4.69, 9.17) is 28.4 Å². The van der Waals surface area contributed by atoms with Crippen LogP contribution in [0.4, 0.5) is 15.3 Å². The molecule has 3 saturated heterocycles. The van der Waals surface area contributed by atoms with Crippen LogP contribution in [0.25, 0.3) is 0 Å². The molecule has 0 unspecified atom stereocenters. The first-order valence-electron chi connectivity index (χ1n) is 20.5. The number of likely N-dealkylation sites (N-methyl/N-ethyl adjacent to an activating group) is 2. The van der Waals surface area contributed by atoms with Gasteiger partial charge in [-0.3, -0.25) is 15.0 Å². The second-order valence-corrected chi connectivity index (χ2v) is 17.3. The minimum atomic E-state index is -1.58. The van der Waals surface area contributed by atoms with Gasteiger partial charge in [0.05, 0.1) is 35.9 Å². The average molecular weight is 792 g/mol. The SMILES string of the molecule is CCCCc1ccc(NC(=O)O[C@H]2[C@H](O[C@@H]3[C@@H](C)[C@H](O)[C@@H](C)C(=O)O[C@H](CC)[C@@]4(C)OC(=O)O[C@@H]4[C@@H](C)N(C)C[C@H](C)C[C@@]3(C)O)O[C@H](C)C[C@@H]2N(C)C)cc1. The largest absolute Gasteiger partial charge is 0.509 e. The molecule has 0 saturated carbocycles. The molecule has 3 heterocycles. The Morgan fingerprint density at radius 1 is 1.05 bits per heavy atom. The molecule has 14 nitrogen and oxygen atoms in total. The van der Waals surface area contributed by atoms with E-state index in [1.807, 2.05) is 82.9 Å². The van der Waals surface area contributed by atoms with Gasteiger partial charge in [-0.15, -0.1) is 0 Å². The van der Waals surface area contributed by atoms with Crippen molar-refractivity contribution in [1.29, 1.82) is 0 Å². The first-order chi connectivity index (χ1) is 26.2. The molecule has 0 spiro atoms. The molecule has 1 aromatic rings. The molecule has 1 aromatic carbocycles. The van der Waals surface area contributed by atoms with Crippen LogP contribution in [0.15, 0.2) is 24.3 Å². The standard InChI is InChI=1S/C42H69N3O11/c1-13-15-16-29-17-19-30(20-18-29)43-39(48)53-34-31(44(10)11)21-25(4)51-38(34)54-35-26(5)33(46)27(6)37(47)52-32(14-2)42(9)36(55-40(49)56-42)28(7)45(12)23-24(3)22-41(35,8)50/h17-20,24-28,31-36,38,46,50H,13-16,21-23H2,1-12H3,(H,43,48)/t24-,25-,26+,27-,28-,31+,32-,33+,34-,35-,36-,38+,41-,42-/m1/s1. The number of aliphatic hydroxyl groups is 2. The molecular weight excluding hydrogens is 722 g/mol. The Balaban J connectivity index is 1.67. The van der Waals surface area contributed by atoms with E-state index in [0.29, 0.717) is 25.1 Å². The van der Waals surface area contributed by atoms with Crippen LogP contribution in [-0.2, 0) is 39.6 Å². The zero-order valence-corrected chi connectivity index (χ0v) is 35.7. The highest BCUT2D eigenvalue weighted by molar-refractivity contribution is 5.84. The zero-order valence-electron chi connectivity index (χ0n) is 35.7. The van der Waals surface area contributed by atoms with Gasteiger partial charge in [0.25, 0.3) is 0 Å². The van der Waals surface area contributed by atoms with Crippen molar-refractivity contribution in [2.75, 3.05) is 33.0 Å². The number of fused-ring (bicyclic) bond motifs is 1. The highest BCUT2D eigenvalue weighted by atomic mass is 16.8. The maximum atomic E-state index is 13.8. The summed E-state index contributed by atoms with van der Waals surface area (Å²) in [6, 6.07) is 7.00. The van der Waals surface area contributed by atoms with E-state index in [-0.39, 0.29) is 30.5 Å². The van der Waals surface area contributed by atoms with Crippen LogP contribution in [-0.4, -0.2) is 132 Å². The maximum absolute atomic E-state index is 13.8. The zero-order chi connectivity index (χ0) is 41.7. The minimum Gasteiger partial charge on any atom is -0.458 e. The van der Waals surface area contributed by atoms with Gasteiger partial charge in [0.2, 0.25) is 0 Å². The molecule has 14 heteroatoms. The van der Waals surface area contributed by atoms with Gasteiger partial charge < -0.3 is 43.5 Å². The Labute approximate surface area is 333 Å². The Morgan fingerprint density at radius 3 is 2.32 bits per heavy atom. The van der Waals surface area contributed by atoms with E-state index in [9.17, 15) is 24.6 Å². The summed E-state index contributed by atoms with van der Waals surface area (Å²) in [7, 11) is 5.70. The fourth-order valence-corrected chi connectivity index (χ4v) is 8.86. The molecule has 3 aliphatic rings. The summed E-state index contributed by atoms with van der Waals surface area (Å²) in [4.78, 5) is 43.9. The van der Waals surface area contributed by atoms with Gasteiger partial charge in [-0.25, -0.2) is 9.59 Å². The lowest BCUT2D eigenvalue weighted by molar-refractivity contribution is -0.297. The smallest absolute Gasteiger partial charge is 0.458 e. The van der Waals surface area contributed by atoms with Crippen LogP contribution in [0.5, 0.6) is 0 Å². The minimum absolute atomic E-state index is 0.133. The van der Waals surface area contributed by atoms with Crippen LogP contribution >= 0.6 is 0 Å². The second-order valence-electron chi connectivity index (χ2n) is 17.3. The Hall–Kier alpha value is -3.01. The number of hydrogen-bond acceptors (Lipinski definition) is 13. The van der Waals surface area contributed by atoms with E-state index < -0.39 is 78.1 Å². The number of benzene rings is 1. The molecule has 3 N–H and O–H groups in total. The van der Waals surface area contributed by atoms with E-state index in [0.717, 1.165) is 19.3 Å². The molecule has 0 radical (unpaired) electrons. The third-order valence-corrected chi connectivity index (χ3v) is 12.2.